The molecule has 0 saturated heterocycles. The van der Waals surface area contributed by atoms with Crippen LogP contribution in [0.5, 0.6) is 0 Å². The molecule has 0 unspecified atom stereocenters. The maximum Gasteiger partial charge on any atom is 0.270 e. The summed E-state index contributed by atoms with van der Waals surface area (Å²) in [5.41, 5.74) is 3.38. The molecule has 9 heteroatoms. The zero-order valence-electron chi connectivity index (χ0n) is 14.5. The molecule has 0 atom stereocenters. The van der Waals surface area contributed by atoms with E-state index in [1.807, 2.05) is 30.3 Å². The monoisotopic (exact) mass is 376 g/mol. The van der Waals surface area contributed by atoms with Crippen LogP contribution < -0.4 is 5.43 Å². The summed E-state index contributed by atoms with van der Waals surface area (Å²) in [5.74, 6) is 0. The van der Waals surface area contributed by atoms with E-state index in [0.29, 0.717) is 0 Å². The van der Waals surface area contributed by atoms with Gasteiger partial charge in [-0.2, -0.15) is 9.41 Å². The molecule has 0 aliphatic rings. The fraction of sp³-hybridized carbons (Fsp3) is 0.235. The Morgan fingerprint density at radius 1 is 1.15 bits per heavy atom. The Balaban J connectivity index is 2.42. The van der Waals surface area contributed by atoms with Crippen LogP contribution in [0.4, 0.5) is 11.4 Å². The van der Waals surface area contributed by atoms with Gasteiger partial charge in [0, 0.05) is 25.2 Å². The second-order valence-electron chi connectivity index (χ2n) is 5.31. The standard InChI is InChI=1S/C17H20N4O4S/c1-3-20(4-2)26(24,25)17-12-15(21(22)23)10-11-16(17)19-18-13-14-8-6-5-7-9-14/h5-13,19H,3-4H2,1-2H3/b18-13+. The molecule has 0 aliphatic carbocycles. The van der Waals surface area contributed by atoms with Crippen LogP contribution >= 0.6 is 0 Å². The molecule has 2 aromatic carbocycles. The molecule has 0 heterocycles. The predicted octanol–water partition coefficient (Wildman–Crippen LogP) is 3.07. The Labute approximate surface area is 152 Å². The van der Waals surface area contributed by atoms with Gasteiger partial charge in [0.1, 0.15) is 4.90 Å². The van der Waals surface area contributed by atoms with Crippen LogP contribution in [0.1, 0.15) is 19.4 Å². The molecular weight excluding hydrogens is 356 g/mol. The van der Waals surface area contributed by atoms with Gasteiger partial charge in [0.05, 0.1) is 16.8 Å². The Morgan fingerprint density at radius 2 is 1.81 bits per heavy atom. The van der Waals surface area contributed by atoms with Crippen molar-refractivity contribution in [2.45, 2.75) is 18.7 Å². The van der Waals surface area contributed by atoms with E-state index in [-0.39, 0.29) is 29.4 Å². The first kappa shape index (κ1) is 19.5. The minimum atomic E-state index is -3.89. The molecule has 0 bridgehead atoms. The number of hydrogen-bond donors (Lipinski definition) is 1. The van der Waals surface area contributed by atoms with Gasteiger partial charge in [0.2, 0.25) is 10.0 Å². The summed E-state index contributed by atoms with van der Waals surface area (Å²) in [4.78, 5) is 10.2. The third-order valence-electron chi connectivity index (χ3n) is 3.70. The summed E-state index contributed by atoms with van der Waals surface area (Å²) in [5, 5.41) is 15.1. The van der Waals surface area contributed by atoms with Gasteiger partial charge in [-0.25, -0.2) is 8.42 Å². The zero-order chi connectivity index (χ0) is 19.2. The summed E-state index contributed by atoms with van der Waals surface area (Å²) in [7, 11) is -3.89. The highest BCUT2D eigenvalue weighted by molar-refractivity contribution is 7.89. The first-order valence-electron chi connectivity index (χ1n) is 8.02. The lowest BCUT2D eigenvalue weighted by Gasteiger charge is -2.20. The molecule has 8 nitrogen and oxygen atoms in total. The zero-order valence-corrected chi connectivity index (χ0v) is 15.3. The van der Waals surface area contributed by atoms with E-state index in [2.05, 4.69) is 10.5 Å². The average molecular weight is 376 g/mol. The van der Waals surface area contributed by atoms with Gasteiger partial charge in [-0.15, -0.1) is 0 Å². The molecule has 26 heavy (non-hydrogen) atoms. The van der Waals surface area contributed by atoms with Gasteiger partial charge >= 0.3 is 0 Å². The molecule has 0 radical (unpaired) electrons. The van der Waals surface area contributed by atoms with Crippen molar-refractivity contribution in [3.8, 4) is 0 Å². The van der Waals surface area contributed by atoms with Crippen LogP contribution in [-0.4, -0.2) is 37.0 Å². The molecule has 138 valence electrons. The summed E-state index contributed by atoms with van der Waals surface area (Å²) in [6, 6.07) is 12.9. The molecule has 0 fully saturated rings. The Hall–Kier alpha value is -2.78. The number of hydrazone groups is 1. The van der Waals surface area contributed by atoms with Crippen LogP contribution in [0, 0.1) is 10.1 Å². The molecular formula is C17H20N4O4S. The van der Waals surface area contributed by atoms with Crippen LogP contribution in [-0.2, 0) is 10.0 Å². The number of nitrogens with zero attached hydrogens (tertiary/aromatic N) is 3. The summed E-state index contributed by atoms with van der Waals surface area (Å²) < 4.78 is 26.9. The molecule has 0 saturated carbocycles. The van der Waals surface area contributed by atoms with Gasteiger partial charge in [0.25, 0.3) is 5.69 Å². The average Bonchev–Trinajstić information content (AvgIpc) is 2.63. The summed E-state index contributed by atoms with van der Waals surface area (Å²) in [6.45, 7) is 3.93. The quantitative estimate of drug-likeness (QED) is 0.433. The minimum Gasteiger partial charge on any atom is -0.277 e. The minimum absolute atomic E-state index is 0.176. The number of non-ortho nitro benzene ring substituents is 1. The van der Waals surface area contributed by atoms with Crippen molar-refractivity contribution in [1.82, 2.24) is 4.31 Å². The summed E-state index contributed by atoms with van der Waals surface area (Å²) in [6.07, 6.45) is 1.54. The second kappa shape index (κ2) is 8.54. The first-order valence-corrected chi connectivity index (χ1v) is 9.46. The fourth-order valence-corrected chi connectivity index (χ4v) is 3.97. The summed E-state index contributed by atoms with van der Waals surface area (Å²) >= 11 is 0. The molecule has 0 amide bonds. The number of anilines is 1. The maximum absolute atomic E-state index is 12.8. The lowest BCUT2D eigenvalue weighted by atomic mass is 10.2. The van der Waals surface area contributed by atoms with Gasteiger partial charge in [-0.3, -0.25) is 15.5 Å². The molecule has 0 aliphatic heterocycles. The van der Waals surface area contributed by atoms with Crippen LogP contribution in [0.2, 0.25) is 0 Å². The van der Waals surface area contributed by atoms with E-state index in [1.54, 1.807) is 13.8 Å². The Morgan fingerprint density at radius 3 is 2.38 bits per heavy atom. The van der Waals surface area contributed by atoms with Crippen molar-refractivity contribution in [3.05, 3.63) is 64.2 Å². The van der Waals surface area contributed by atoms with Crippen molar-refractivity contribution >= 4 is 27.6 Å². The number of nitro groups is 1. The first-order chi connectivity index (χ1) is 12.4. The maximum atomic E-state index is 12.8. The van der Waals surface area contributed by atoms with E-state index in [4.69, 9.17) is 0 Å². The highest BCUT2D eigenvalue weighted by Gasteiger charge is 2.27. The number of nitrogens with one attached hydrogen (secondary N) is 1. The largest absolute Gasteiger partial charge is 0.277 e. The molecule has 2 aromatic rings. The molecule has 0 aromatic heterocycles. The lowest BCUT2D eigenvalue weighted by Crippen LogP contribution is -2.31. The normalized spacial score (nSPS) is 11.8. The number of rotatable bonds is 8. The molecule has 2 rings (SSSR count). The number of sulfonamides is 1. The van der Waals surface area contributed by atoms with E-state index in [0.717, 1.165) is 11.6 Å². The second-order valence-corrected chi connectivity index (χ2v) is 7.21. The Bertz CT molecular complexity index is 894. The number of benzene rings is 2. The molecule has 1 N–H and O–H groups in total. The lowest BCUT2D eigenvalue weighted by molar-refractivity contribution is -0.385. The SMILES string of the molecule is CCN(CC)S(=O)(=O)c1cc([N+](=O)[O-])ccc1N/N=C/c1ccccc1. The molecule has 0 spiro atoms. The van der Waals surface area contributed by atoms with Crippen molar-refractivity contribution < 1.29 is 13.3 Å². The van der Waals surface area contributed by atoms with E-state index in [1.165, 1.54) is 22.7 Å². The fourth-order valence-electron chi connectivity index (χ4n) is 2.35. The van der Waals surface area contributed by atoms with Crippen LogP contribution in [0.3, 0.4) is 0 Å². The van der Waals surface area contributed by atoms with E-state index >= 15 is 0 Å². The van der Waals surface area contributed by atoms with Gasteiger partial charge in [-0.05, 0) is 11.6 Å². The smallest absolute Gasteiger partial charge is 0.270 e. The van der Waals surface area contributed by atoms with Crippen molar-refractivity contribution in [3.63, 3.8) is 0 Å². The van der Waals surface area contributed by atoms with Gasteiger partial charge in [0.15, 0.2) is 0 Å². The van der Waals surface area contributed by atoms with E-state index < -0.39 is 14.9 Å². The van der Waals surface area contributed by atoms with Crippen LogP contribution in [0.25, 0.3) is 0 Å². The van der Waals surface area contributed by atoms with E-state index in [9.17, 15) is 18.5 Å². The predicted molar refractivity (Wildman–Crippen MR) is 101 cm³/mol. The Kier molecular flexibility index (Phi) is 6.42. The van der Waals surface area contributed by atoms with Crippen LogP contribution in [0.15, 0.2) is 58.5 Å². The highest BCUT2D eigenvalue weighted by atomic mass is 32.2. The van der Waals surface area contributed by atoms with Crippen molar-refractivity contribution in [2.24, 2.45) is 5.10 Å². The third kappa shape index (κ3) is 4.44. The topological polar surface area (TPSA) is 105 Å². The van der Waals surface area contributed by atoms with Crippen molar-refractivity contribution in [1.29, 1.82) is 0 Å². The highest BCUT2D eigenvalue weighted by Crippen LogP contribution is 2.29. The van der Waals surface area contributed by atoms with Gasteiger partial charge < -0.3 is 0 Å². The van der Waals surface area contributed by atoms with Crippen molar-refractivity contribution in [2.75, 3.05) is 18.5 Å². The number of hydrogen-bond acceptors (Lipinski definition) is 6. The number of nitro benzene ring substituents is 1. The van der Waals surface area contributed by atoms with Gasteiger partial charge in [-0.1, -0.05) is 44.2 Å². The third-order valence-corrected chi connectivity index (χ3v) is 5.79.